The Kier molecular flexibility index (Phi) is 9.96. The summed E-state index contributed by atoms with van der Waals surface area (Å²) in [5, 5.41) is 23.1. The SMILES string of the molecule is CCn1c(O)c(CS(=O)(=O)O)c(C)c(N=Nc2cc(Nc3nc(Cl)nc(Nc4cccc(S(=O)(=O)O)c4)n3)ccc2S(=O)(=O)O)c1=O. The van der Waals surface area contributed by atoms with Crippen LogP contribution in [0.1, 0.15) is 18.1 Å². The molecule has 6 N–H and O–H groups in total. The van der Waals surface area contributed by atoms with Crippen molar-refractivity contribution in [3.8, 4) is 5.88 Å². The van der Waals surface area contributed by atoms with Gasteiger partial charge < -0.3 is 15.7 Å². The van der Waals surface area contributed by atoms with Gasteiger partial charge in [-0.15, -0.1) is 10.2 Å². The Hall–Kier alpha value is -4.58. The molecule has 0 fully saturated rings. The summed E-state index contributed by atoms with van der Waals surface area (Å²) in [6, 6.07) is 8.23. The number of rotatable bonds is 11. The lowest BCUT2D eigenvalue weighted by molar-refractivity contribution is 0.403. The van der Waals surface area contributed by atoms with E-state index in [0.29, 0.717) is 0 Å². The highest BCUT2D eigenvalue weighted by Gasteiger charge is 2.23. The molecule has 0 saturated heterocycles. The van der Waals surface area contributed by atoms with Gasteiger partial charge in [-0.25, -0.2) is 0 Å². The normalized spacial score (nSPS) is 12.4. The van der Waals surface area contributed by atoms with Crippen molar-refractivity contribution < 1.29 is 44.0 Å². The van der Waals surface area contributed by atoms with Crippen molar-refractivity contribution in [2.24, 2.45) is 10.2 Å². The molecular weight excluding hydrogens is 708 g/mol. The second-order valence-corrected chi connectivity index (χ2v) is 14.0. The first-order chi connectivity index (χ1) is 21.8. The average molecular weight is 731 g/mol. The maximum atomic E-state index is 13.0. The van der Waals surface area contributed by atoms with Crippen molar-refractivity contribution in [2.75, 3.05) is 10.6 Å². The molecule has 4 aromatic rings. The molecular formula is C24H23ClN8O11S3. The Morgan fingerprint density at radius 3 is 2.04 bits per heavy atom. The van der Waals surface area contributed by atoms with Crippen LogP contribution in [0.5, 0.6) is 5.88 Å². The smallest absolute Gasteiger partial charge is 0.296 e. The number of hydrogen-bond acceptors (Lipinski definition) is 15. The number of aromatic nitrogens is 4. The summed E-state index contributed by atoms with van der Waals surface area (Å²) in [5.74, 6) is -2.19. The molecule has 2 aromatic heterocycles. The molecule has 19 nitrogen and oxygen atoms in total. The number of nitrogens with zero attached hydrogens (tertiary/aromatic N) is 6. The largest absolute Gasteiger partial charge is 0.494 e. The quantitative estimate of drug-likeness (QED) is 0.0950. The molecule has 0 amide bonds. The Morgan fingerprint density at radius 1 is 0.872 bits per heavy atom. The van der Waals surface area contributed by atoms with Gasteiger partial charge in [-0.2, -0.15) is 40.2 Å². The molecule has 0 aliphatic carbocycles. The second-order valence-electron chi connectivity index (χ2n) is 9.41. The van der Waals surface area contributed by atoms with Crippen LogP contribution in [-0.2, 0) is 42.7 Å². The number of azo groups is 1. The van der Waals surface area contributed by atoms with E-state index in [2.05, 4.69) is 35.8 Å². The van der Waals surface area contributed by atoms with Crippen LogP contribution < -0.4 is 16.2 Å². The topological polar surface area (TPSA) is 293 Å². The molecule has 0 atom stereocenters. The fourth-order valence-electron chi connectivity index (χ4n) is 4.07. The Labute approximate surface area is 271 Å². The Balaban J connectivity index is 1.74. The van der Waals surface area contributed by atoms with Crippen LogP contribution in [0.3, 0.4) is 0 Å². The molecule has 2 heterocycles. The number of nitrogens with one attached hydrogen (secondary N) is 2. The second kappa shape index (κ2) is 13.3. The average Bonchev–Trinajstić information content (AvgIpc) is 2.94. The van der Waals surface area contributed by atoms with Crippen LogP contribution in [0.25, 0.3) is 0 Å². The van der Waals surface area contributed by atoms with E-state index in [1.54, 1.807) is 0 Å². The van der Waals surface area contributed by atoms with Gasteiger partial charge in [0.1, 0.15) is 16.3 Å². The van der Waals surface area contributed by atoms with Gasteiger partial charge in [0.25, 0.3) is 35.9 Å². The monoisotopic (exact) mass is 730 g/mol. The standard InChI is InChI=1S/C24H23ClN8O11S3/c1-3-33-20(34)16(11-45(36,37)38)12(2)19(21(33)35)32-31-17-10-14(7-8-18(17)47(42,43)44)27-24-29-22(25)28-23(30-24)26-13-5-4-6-15(9-13)46(39,40)41/h4-10,34H,3,11H2,1-2H3,(H,36,37,38)(H,39,40,41)(H,42,43,44)(H2,26,27,28,29,30). The third-order valence-corrected chi connectivity index (χ3v) is 8.74. The number of pyridine rings is 1. The fraction of sp³-hybridized carbons (Fsp3) is 0.167. The van der Waals surface area contributed by atoms with Gasteiger partial charge in [-0.05, 0) is 67.4 Å². The lowest BCUT2D eigenvalue weighted by atomic mass is 10.1. The van der Waals surface area contributed by atoms with E-state index >= 15 is 0 Å². The highest BCUT2D eigenvalue weighted by Crippen LogP contribution is 2.33. The van der Waals surface area contributed by atoms with Gasteiger partial charge in [0.15, 0.2) is 11.6 Å². The van der Waals surface area contributed by atoms with E-state index in [1.807, 2.05) is 0 Å². The van der Waals surface area contributed by atoms with E-state index in [0.717, 1.165) is 28.8 Å². The summed E-state index contributed by atoms with van der Waals surface area (Å²) in [6.07, 6.45) is 0. The van der Waals surface area contributed by atoms with Crippen molar-refractivity contribution in [2.45, 2.75) is 35.9 Å². The lowest BCUT2D eigenvalue weighted by Crippen LogP contribution is -2.22. The van der Waals surface area contributed by atoms with Crippen LogP contribution in [0, 0.1) is 6.92 Å². The highest BCUT2D eigenvalue weighted by molar-refractivity contribution is 7.86. The highest BCUT2D eigenvalue weighted by atomic mass is 35.5. The molecule has 47 heavy (non-hydrogen) atoms. The first-order valence-corrected chi connectivity index (χ1v) is 17.6. The summed E-state index contributed by atoms with van der Waals surface area (Å²) in [4.78, 5) is 23.7. The van der Waals surface area contributed by atoms with Gasteiger partial charge in [0, 0.05) is 23.5 Å². The van der Waals surface area contributed by atoms with Crippen LogP contribution in [0.2, 0.25) is 5.28 Å². The maximum absolute atomic E-state index is 13.0. The molecule has 0 spiro atoms. The van der Waals surface area contributed by atoms with Crippen LogP contribution >= 0.6 is 11.6 Å². The minimum Gasteiger partial charge on any atom is -0.494 e. The van der Waals surface area contributed by atoms with Gasteiger partial charge in [-0.1, -0.05) is 6.07 Å². The number of anilines is 4. The predicted molar refractivity (Wildman–Crippen MR) is 166 cm³/mol. The molecule has 4 rings (SSSR count). The zero-order chi connectivity index (χ0) is 34.9. The van der Waals surface area contributed by atoms with Crippen molar-refractivity contribution in [1.29, 1.82) is 0 Å². The van der Waals surface area contributed by atoms with Crippen LogP contribution in [0.4, 0.5) is 34.6 Å². The van der Waals surface area contributed by atoms with E-state index in [1.165, 1.54) is 32.0 Å². The van der Waals surface area contributed by atoms with E-state index in [-0.39, 0.29) is 46.2 Å². The van der Waals surface area contributed by atoms with Crippen molar-refractivity contribution >= 4 is 76.6 Å². The van der Waals surface area contributed by atoms with Crippen LogP contribution in [0.15, 0.2) is 67.3 Å². The molecule has 0 unspecified atom stereocenters. The minimum atomic E-state index is -4.91. The third kappa shape index (κ3) is 8.62. The molecule has 0 bridgehead atoms. The van der Waals surface area contributed by atoms with E-state index in [9.17, 15) is 48.8 Å². The number of aromatic hydroxyl groups is 1. The maximum Gasteiger partial charge on any atom is 0.296 e. The van der Waals surface area contributed by atoms with Crippen molar-refractivity contribution in [1.82, 2.24) is 19.5 Å². The van der Waals surface area contributed by atoms with E-state index < -0.39 is 68.7 Å². The van der Waals surface area contributed by atoms with Crippen molar-refractivity contribution in [3.63, 3.8) is 0 Å². The molecule has 0 radical (unpaired) electrons. The first-order valence-electron chi connectivity index (χ1n) is 12.7. The summed E-state index contributed by atoms with van der Waals surface area (Å²) in [6.45, 7) is 2.55. The number of benzene rings is 2. The third-order valence-electron chi connectivity index (χ3n) is 6.17. The molecule has 23 heteroatoms. The van der Waals surface area contributed by atoms with Gasteiger partial charge in [-0.3, -0.25) is 23.0 Å². The zero-order valence-electron chi connectivity index (χ0n) is 23.9. The predicted octanol–water partition coefficient (Wildman–Crippen LogP) is 3.50. The Bertz CT molecular complexity index is 2320. The molecule has 2 aromatic carbocycles. The van der Waals surface area contributed by atoms with E-state index in [4.69, 9.17) is 11.6 Å². The van der Waals surface area contributed by atoms with Gasteiger partial charge >= 0.3 is 0 Å². The number of halogens is 1. The van der Waals surface area contributed by atoms with Crippen molar-refractivity contribution in [3.05, 3.63) is 69.2 Å². The summed E-state index contributed by atoms with van der Waals surface area (Å²) < 4.78 is 99.4. The van der Waals surface area contributed by atoms with Crippen LogP contribution in [-0.4, -0.2) is 63.5 Å². The summed E-state index contributed by atoms with van der Waals surface area (Å²) in [7, 11) is -14.1. The first kappa shape index (κ1) is 35.3. The molecule has 250 valence electrons. The summed E-state index contributed by atoms with van der Waals surface area (Å²) >= 11 is 6.01. The fourth-order valence-corrected chi connectivity index (χ4v) is 6.07. The molecule has 0 aliphatic rings. The zero-order valence-corrected chi connectivity index (χ0v) is 27.1. The summed E-state index contributed by atoms with van der Waals surface area (Å²) in [5.41, 5.74) is -2.26. The van der Waals surface area contributed by atoms with Gasteiger partial charge in [0.2, 0.25) is 17.2 Å². The minimum absolute atomic E-state index is 0.0494. The lowest BCUT2D eigenvalue weighted by Gasteiger charge is -2.14. The number of hydrogen-bond donors (Lipinski definition) is 6. The molecule has 0 aliphatic heterocycles. The molecule has 0 saturated carbocycles. The Morgan fingerprint density at radius 2 is 1.49 bits per heavy atom. The van der Waals surface area contributed by atoms with Gasteiger partial charge in [0.05, 0.1) is 4.90 Å².